The molecule has 92 valence electrons. The maximum absolute atomic E-state index is 9.16. The number of rotatable bonds is 3. The number of pyridine rings is 1. The van der Waals surface area contributed by atoms with Gasteiger partial charge in [0.25, 0.3) is 0 Å². The van der Waals surface area contributed by atoms with Gasteiger partial charge in [-0.2, -0.15) is 5.26 Å². The number of nitriles is 1. The summed E-state index contributed by atoms with van der Waals surface area (Å²) in [7, 11) is 0. The van der Waals surface area contributed by atoms with Crippen LogP contribution >= 0.6 is 23.4 Å². The highest BCUT2D eigenvalue weighted by Crippen LogP contribution is 2.27. The molecule has 5 heteroatoms. The highest BCUT2D eigenvalue weighted by Gasteiger charge is 2.09. The van der Waals surface area contributed by atoms with Crippen molar-refractivity contribution in [2.75, 3.05) is 6.61 Å². The molecule has 1 heterocycles. The summed E-state index contributed by atoms with van der Waals surface area (Å²) in [6.07, 6.45) is 0. The zero-order chi connectivity index (χ0) is 13.1. The lowest BCUT2D eigenvalue weighted by atomic mass is 10.1. The number of thioether (sulfide) groups is 1. The van der Waals surface area contributed by atoms with E-state index >= 15 is 0 Å². The SMILES string of the molecule is CC(CO)Sc1cc(C#N)c2cc(Cl)ccc2n1. The van der Waals surface area contributed by atoms with Gasteiger partial charge < -0.3 is 5.11 Å². The number of nitrogens with zero attached hydrogens (tertiary/aromatic N) is 2. The minimum Gasteiger partial charge on any atom is -0.395 e. The first-order valence-corrected chi connectivity index (χ1v) is 6.67. The molecule has 0 saturated heterocycles. The molecule has 1 N–H and O–H groups in total. The van der Waals surface area contributed by atoms with Crippen LogP contribution in [0.15, 0.2) is 29.3 Å². The average Bonchev–Trinajstić information content (AvgIpc) is 2.38. The fourth-order valence-electron chi connectivity index (χ4n) is 1.57. The van der Waals surface area contributed by atoms with Gasteiger partial charge in [0.2, 0.25) is 0 Å². The number of aliphatic hydroxyl groups is 1. The molecule has 1 aromatic heterocycles. The Labute approximate surface area is 114 Å². The number of aromatic nitrogens is 1. The standard InChI is InChI=1S/C13H11ClN2OS/c1-8(7-17)18-13-4-9(6-15)11-5-10(14)2-3-12(11)16-13/h2-5,8,17H,7H2,1H3. The van der Waals surface area contributed by atoms with Crippen LogP contribution in [0.1, 0.15) is 12.5 Å². The molecular weight excluding hydrogens is 268 g/mol. The van der Waals surface area contributed by atoms with Crippen molar-refractivity contribution >= 4 is 34.3 Å². The molecule has 0 radical (unpaired) electrons. The molecule has 0 bridgehead atoms. The van der Waals surface area contributed by atoms with E-state index in [1.54, 1.807) is 24.3 Å². The third kappa shape index (κ3) is 2.75. The maximum Gasteiger partial charge on any atom is 0.0999 e. The van der Waals surface area contributed by atoms with Gasteiger partial charge in [0, 0.05) is 15.7 Å². The van der Waals surface area contributed by atoms with Crippen LogP contribution < -0.4 is 0 Å². The van der Waals surface area contributed by atoms with E-state index in [2.05, 4.69) is 11.1 Å². The third-order valence-corrected chi connectivity index (χ3v) is 3.68. The molecule has 0 amide bonds. The molecule has 18 heavy (non-hydrogen) atoms. The quantitative estimate of drug-likeness (QED) is 0.876. The first kappa shape index (κ1) is 13.2. The van der Waals surface area contributed by atoms with E-state index < -0.39 is 0 Å². The molecular formula is C13H11ClN2OS. The summed E-state index contributed by atoms with van der Waals surface area (Å²) in [4.78, 5) is 4.45. The van der Waals surface area contributed by atoms with Crippen LogP contribution in [0, 0.1) is 11.3 Å². The van der Waals surface area contributed by atoms with Gasteiger partial charge in [0.15, 0.2) is 0 Å². The molecule has 0 fully saturated rings. The van der Waals surface area contributed by atoms with Crippen molar-refractivity contribution in [1.82, 2.24) is 4.98 Å². The van der Waals surface area contributed by atoms with Crippen LogP contribution in [0.2, 0.25) is 5.02 Å². The highest BCUT2D eigenvalue weighted by molar-refractivity contribution is 7.99. The van der Waals surface area contributed by atoms with Crippen molar-refractivity contribution in [3.63, 3.8) is 0 Å². The van der Waals surface area contributed by atoms with Gasteiger partial charge in [0.1, 0.15) is 0 Å². The lowest BCUT2D eigenvalue weighted by Crippen LogP contribution is -2.02. The number of hydrogen-bond acceptors (Lipinski definition) is 4. The molecule has 0 aliphatic heterocycles. The Morgan fingerprint density at radius 1 is 1.50 bits per heavy atom. The Morgan fingerprint density at radius 2 is 2.28 bits per heavy atom. The molecule has 2 rings (SSSR count). The third-order valence-electron chi connectivity index (χ3n) is 2.45. The van der Waals surface area contributed by atoms with Crippen molar-refractivity contribution in [2.45, 2.75) is 17.2 Å². The average molecular weight is 279 g/mol. The predicted molar refractivity (Wildman–Crippen MR) is 73.9 cm³/mol. The molecule has 3 nitrogen and oxygen atoms in total. The van der Waals surface area contributed by atoms with Gasteiger partial charge in [-0.25, -0.2) is 4.98 Å². The van der Waals surface area contributed by atoms with Crippen molar-refractivity contribution in [3.8, 4) is 6.07 Å². The molecule has 1 aromatic carbocycles. The van der Waals surface area contributed by atoms with Gasteiger partial charge in [0.05, 0.1) is 28.8 Å². The number of benzene rings is 1. The molecule has 1 unspecified atom stereocenters. The van der Waals surface area contributed by atoms with E-state index in [9.17, 15) is 0 Å². The first-order chi connectivity index (χ1) is 8.63. The van der Waals surface area contributed by atoms with Crippen LogP contribution in [-0.4, -0.2) is 21.9 Å². The molecule has 2 aromatic rings. The second-order valence-corrected chi connectivity index (χ2v) is 5.79. The summed E-state index contributed by atoms with van der Waals surface area (Å²) in [5.41, 5.74) is 1.29. The number of halogens is 1. The van der Waals surface area contributed by atoms with E-state index in [4.69, 9.17) is 22.0 Å². The molecule has 0 aliphatic rings. The smallest absolute Gasteiger partial charge is 0.0999 e. The second-order valence-electron chi connectivity index (χ2n) is 3.89. The van der Waals surface area contributed by atoms with Crippen molar-refractivity contribution < 1.29 is 5.11 Å². The summed E-state index contributed by atoms with van der Waals surface area (Å²) in [5, 5.41) is 20.3. The summed E-state index contributed by atoms with van der Waals surface area (Å²) in [6, 6.07) is 9.18. The van der Waals surface area contributed by atoms with Crippen LogP contribution in [0.5, 0.6) is 0 Å². The fourth-order valence-corrected chi connectivity index (χ4v) is 2.57. The van der Waals surface area contributed by atoms with Gasteiger partial charge in [-0.05, 0) is 24.3 Å². The monoisotopic (exact) mass is 278 g/mol. The Balaban J connectivity index is 2.53. The van der Waals surface area contributed by atoms with Crippen LogP contribution in [0.25, 0.3) is 10.9 Å². The van der Waals surface area contributed by atoms with Crippen molar-refractivity contribution in [1.29, 1.82) is 5.26 Å². The summed E-state index contributed by atoms with van der Waals surface area (Å²) < 4.78 is 0. The number of aliphatic hydroxyl groups excluding tert-OH is 1. The van der Waals surface area contributed by atoms with Crippen LogP contribution in [0.4, 0.5) is 0 Å². The van der Waals surface area contributed by atoms with Gasteiger partial charge in [-0.1, -0.05) is 18.5 Å². The Bertz CT molecular complexity index is 624. The van der Waals surface area contributed by atoms with Crippen LogP contribution in [0.3, 0.4) is 0 Å². The minimum atomic E-state index is 0.0498. The van der Waals surface area contributed by atoms with E-state index in [0.717, 1.165) is 15.9 Å². The first-order valence-electron chi connectivity index (χ1n) is 5.42. The minimum absolute atomic E-state index is 0.0498. The summed E-state index contributed by atoms with van der Waals surface area (Å²) in [6.45, 7) is 1.98. The van der Waals surface area contributed by atoms with Gasteiger partial charge >= 0.3 is 0 Å². The zero-order valence-corrected chi connectivity index (χ0v) is 11.3. The largest absolute Gasteiger partial charge is 0.395 e. The van der Waals surface area contributed by atoms with E-state index in [-0.39, 0.29) is 11.9 Å². The van der Waals surface area contributed by atoms with Crippen molar-refractivity contribution in [3.05, 3.63) is 34.9 Å². The number of hydrogen-bond donors (Lipinski definition) is 1. The molecule has 0 spiro atoms. The summed E-state index contributed by atoms with van der Waals surface area (Å²) in [5.74, 6) is 0. The Kier molecular flexibility index (Phi) is 4.07. The van der Waals surface area contributed by atoms with E-state index in [1.807, 2.05) is 6.92 Å². The fraction of sp³-hybridized carbons (Fsp3) is 0.231. The predicted octanol–water partition coefficient (Wildman–Crippen LogP) is 3.23. The maximum atomic E-state index is 9.16. The van der Waals surface area contributed by atoms with Gasteiger partial charge in [-0.15, -0.1) is 11.8 Å². The molecule has 0 saturated carbocycles. The van der Waals surface area contributed by atoms with E-state index in [1.165, 1.54) is 11.8 Å². The second kappa shape index (κ2) is 5.57. The topological polar surface area (TPSA) is 56.9 Å². The van der Waals surface area contributed by atoms with Crippen LogP contribution in [-0.2, 0) is 0 Å². The highest BCUT2D eigenvalue weighted by atomic mass is 35.5. The lowest BCUT2D eigenvalue weighted by Gasteiger charge is -2.08. The summed E-state index contributed by atoms with van der Waals surface area (Å²) >= 11 is 7.37. The molecule has 1 atom stereocenters. The Hall–Kier alpha value is -1.28. The molecule has 0 aliphatic carbocycles. The van der Waals surface area contributed by atoms with Crippen molar-refractivity contribution in [2.24, 2.45) is 0 Å². The number of fused-ring (bicyclic) bond motifs is 1. The Morgan fingerprint density at radius 3 is 2.94 bits per heavy atom. The van der Waals surface area contributed by atoms with E-state index in [0.29, 0.717) is 10.6 Å². The zero-order valence-electron chi connectivity index (χ0n) is 9.72. The normalized spacial score (nSPS) is 12.3. The van der Waals surface area contributed by atoms with Gasteiger partial charge in [-0.3, -0.25) is 0 Å². The lowest BCUT2D eigenvalue weighted by molar-refractivity contribution is 0.300.